The molecule has 1 atom stereocenters. The normalized spacial score (nSPS) is 12.5. The van der Waals surface area contributed by atoms with E-state index in [0.29, 0.717) is 5.69 Å². The van der Waals surface area contributed by atoms with Gasteiger partial charge in [0.1, 0.15) is 6.10 Å². The Morgan fingerprint density at radius 1 is 1.15 bits per heavy atom. The second-order valence-corrected chi connectivity index (χ2v) is 4.50. The molecule has 1 aromatic carbocycles. The van der Waals surface area contributed by atoms with Crippen LogP contribution in [0.15, 0.2) is 54.9 Å². The van der Waals surface area contributed by atoms with Crippen molar-refractivity contribution in [2.45, 2.75) is 19.6 Å². The van der Waals surface area contributed by atoms with Crippen molar-refractivity contribution >= 4 is 0 Å². The number of aromatic nitrogens is 4. The summed E-state index contributed by atoms with van der Waals surface area (Å²) in [5.41, 5.74) is 2.34. The first-order valence-electron chi connectivity index (χ1n) is 6.60. The molecule has 5 heteroatoms. The summed E-state index contributed by atoms with van der Waals surface area (Å²) in [5, 5.41) is 19.0. The maximum Gasteiger partial charge on any atom is 0.139 e. The molecule has 1 unspecified atom stereocenters. The third kappa shape index (κ3) is 2.23. The van der Waals surface area contributed by atoms with Gasteiger partial charge in [0.2, 0.25) is 0 Å². The van der Waals surface area contributed by atoms with E-state index in [1.54, 1.807) is 15.6 Å². The molecule has 1 N–H and O–H groups in total. The van der Waals surface area contributed by atoms with Gasteiger partial charge < -0.3 is 5.11 Å². The summed E-state index contributed by atoms with van der Waals surface area (Å²) >= 11 is 0. The summed E-state index contributed by atoms with van der Waals surface area (Å²) in [7, 11) is 0. The Bertz CT molecular complexity index is 687. The highest BCUT2D eigenvalue weighted by atomic mass is 16.3. The van der Waals surface area contributed by atoms with Crippen molar-refractivity contribution in [2.75, 3.05) is 0 Å². The number of hydrogen-bond donors (Lipinski definition) is 1. The second-order valence-electron chi connectivity index (χ2n) is 4.50. The summed E-state index contributed by atoms with van der Waals surface area (Å²) in [6.07, 6.45) is 2.78. The van der Waals surface area contributed by atoms with Crippen molar-refractivity contribution in [1.82, 2.24) is 19.6 Å². The van der Waals surface area contributed by atoms with Crippen molar-refractivity contribution in [2.24, 2.45) is 0 Å². The molecule has 0 spiro atoms. The van der Waals surface area contributed by atoms with E-state index in [1.807, 2.05) is 55.6 Å². The van der Waals surface area contributed by atoms with E-state index in [0.717, 1.165) is 17.9 Å². The number of aliphatic hydroxyl groups is 1. The lowest BCUT2D eigenvalue weighted by atomic mass is 10.2. The fourth-order valence-corrected chi connectivity index (χ4v) is 2.20. The van der Waals surface area contributed by atoms with E-state index in [1.165, 1.54) is 0 Å². The number of nitrogens with zero attached hydrogens (tertiary/aromatic N) is 4. The van der Waals surface area contributed by atoms with Crippen molar-refractivity contribution in [3.8, 4) is 5.69 Å². The van der Waals surface area contributed by atoms with Gasteiger partial charge in [0.05, 0.1) is 17.1 Å². The van der Waals surface area contributed by atoms with Crippen LogP contribution in [0.1, 0.15) is 24.4 Å². The van der Waals surface area contributed by atoms with Crippen LogP contribution in [0, 0.1) is 0 Å². The van der Waals surface area contributed by atoms with E-state index in [9.17, 15) is 5.11 Å². The van der Waals surface area contributed by atoms with E-state index < -0.39 is 6.10 Å². The van der Waals surface area contributed by atoms with Crippen molar-refractivity contribution in [3.05, 3.63) is 66.2 Å². The lowest BCUT2D eigenvalue weighted by molar-refractivity contribution is 0.202. The number of aliphatic hydroxyl groups excluding tert-OH is 1. The van der Waals surface area contributed by atoms with Crippen LogP contribution in [0.3, 0.4) is 0 Å². The van der Waals surface area contributed by atoms with Gasteiger partial charge in [-0.3, -0.25) is 4.68 Å². The zero-order valence-electron chi connectivity index (χ0n) is 11.2. The molecule has 0 saturated heterocycles. The Morgan fingerprint density at radius 2 is 1.95 bits per heavy atom. The minimum atomic E-state index is -0.762. The Morgan fingerprint density at radius 3 is 2.70 bits per heavy atom. The van der Waals surface area contributed by atoms with Crippen molar-refractivity contribution < 1.29 is 5.11 Å². The molecule has 2 aromatic heterocycles. The zero-order valence-corrected chi connectivity index (χ0v) is 11.2. The van der Waals surface area contributed by atoms with Crippen LogP contribution in [0.4, 0.5) is 0 Å². The summed E-state index contributed by atoms with van der Waals surface area (Å²) in [6.45, 7) is 2.71. The van der Waals surface area contributed by atoms with Crippen LogP contribution >= 0.6 is 0 Å². The largest absolute Gasteiger partial charge is 0.380 e. The Labute approximate surface area is 117 Å². The second kappa shape index (κ2) is 5.30. The maximum absolute atomic E-state index is 10.4. The molecule has 0 fully saturated rings. The number of rotatable bonds is 4. The summed E-state index contributed by atoms with van der Waals surface area (Å²) in [4.78, 5) is 0. The van der Waals surface area contributed by atoms with Crippen LogP contribution in [-0.2, 0) is 6.54 Å². The van der Waals surface area contributed by atoms with Gasteiger partial charge in [0.25, 0.3) is 0 Å². The van der Waals surface area contributed by atoms with Crippen LogP contribution in [0.5, 0.6) is 0 Å². The van der Waals surface area contributed by atoms with Crippen molar-refractivity contribution in [1.29, 1.82) is 0 Å². The molecule has 0 amide bonds. The molecule has 0 aliphatic rings. The van der Waals surface area contributed by atoms with E-state index >= 15 is 0 Å². The monoisotopic (exact) mass is 268 g/mol. The molecular formula is C15H16N4O. The van der Waals surface area contributed by atoms with Gasteiger partial charge in [0.15, 0.2) is 0 Å². The Hall–Kier alpha value is -2.40. The highest BCUT2D eigenvalue weighted by Crippen LogP contribution is 2.20. The van der Waals surface area contributed by atoms with Crippen LogP contribution in [-0.4, -0.2) is 24.7 Å². The first kappa shape index (κ1) is 12.6. The minimum absolute atomic E-state index is 0.615. The number of hydrogen-bond acceptors (Lipinski definition) is 3. The van der Waals surface area contributed by atoms with Gasteiger partial charge >= 0.3 is 0 Å². The van der Waals surface area contributed by atoms with Gasteiger partial charge in [-0.2, -0.15) is 10.2 Å². The fourth-order valence-electron chi connectivity index (χ4n) is 2.20. The van der Waals surface area contributed by atoms with Gasteiger partial charge in [-0.25, -0.2) is 4.68 Å². The zero-order chi connectivity index (χ0) is 13.9. The van der Waals surface area contributed by atoms with Gasteiger partial charge in [-0.15, -0.1) is 0 Å². The van der Waals surface area contributed by atoms with Gasteiger partial charge in [-0.05, 0) is 31.2 Å². The van der Waals surface area contributed by atoms with Crippen molar-refractivity contribution in [3.63, 3.8) is 0 Å². The molecule has 0 aliphatic carbocycles. The van der Waals surface area contributed by atoms with Crippen LogP contribution in [0.25, 0.3) is 5.69 Å². The third-order valence-corrected chi connectivity index (χ3v) is 3.24. The van der Waals surface area contributed by atoms with E-state index in [-0.39, 0.29) is 0 Å². The first-order valence-corrected chi connectivity index (χ1v) is 6.60. The molecule has 0 saturated carbocycles. The van der Waals surface area contributed by atoms with Crippen LogP contribution in [0.2, 0.25) is 0 Å². The summed E-state index contributed by atoms with van der Waals surface area (Å²) < 4.78 is 3.53. The quantitative estimate of drug-likeness (QED) is 0.789. The molecule has 0 bridgehead atoms. The molecule has 3 aromatic rings. The third-order valence-electron chi connectivity index (χ3n) is 3.24. The summed E-state index contributed by atoms with van der Waals surface area (Å²) in [5.74, 6) is 0. The molecule has 0 radical (unpaired) electrons. The molecule has 0 aliphatic heterocycles. The Balaban J connectivity index is 1.91. The predicted octanol–water partition coefficient (Wildman–Crippen LogP) is 2.17. The average molecular weight is 268 g/mol. The van der Waals surface area contributed by atoms with E-state index in [2.05, 4.69) is 10.2 Å². The summed E-state index contributed by atoms with van der Waals surface area (Å²) in [6, 6.07) is 13.5. The topological polar surface area (TPSA) is 55.9 Å². The van der Waals surface area contributed by atoms with Crippen LogP contribution < -0.4 is 0 Å². The number of benzene rings is 1. The number of aryl methyl sites for hydroxylation is 1. The average Bonchev–Trinajstić information content (AvgIpc) is 3.16. The fraction of sp³-hybridized carbons (Fsp3) is 0.200. The smallest absolute Gasteiger partial charge is 0.139 e. The minimum Gasteiger partial charge on any atom is -0.380 e. The molecule has 3 rings (SSSR count). The number of para-hydroxylation sites is 1. The standard InChI is InChI=1S/C15H16N4O/c1-2-18-14(8-10-16-18)15(20)13-9-11-19(17-13)12-6-4-3-5-7-12/h3-11,15,20H,2H2,1H3. The first-order chi connectivity index (χ1) is 9.79. The van der Waals surface area contributed by atoms with Gasteiger partial charge in [-0.1, -0.05) is 18.2 Å². The highest BCUT2D eigenvalue weighted by molar-refractivity contribution is 5.31. The lowest BCUT2D eigenvalue weighted by Crippen LogP contribution is -2.10. The molecular weight excluding hydrogens is 252 g/mol. The molecule has 2 heterocycles. The molecule has 102 valence electrons. The maximum atomic E-state index is 10.4. The molecule has 20 heavy (non-hydrogen) atoms. The SMILES string of the molecule is CCn1nccc1C(O)c1ccn(-c2ccccc2)n1. The highest BCUT2D eigenvalue weighted by Gasteiger charge is 2.17. The Kier molecular flexibility index (Phi) is 3.35. The van der Waals surface area contributed by atoms with E-state index in [4.69, 9.17) is 0 Å². The lowest BCUT2D eigenvalue weighted by Gasteiger charge is -2.10. The van der Waals surface area contributed by atoms with Gasteiger partial charge in [0, 0.05) is 18.9 Å². The molecule has 5 nitrogen and oxygen atoms in total. The predicted molar refractivity (Wildman–Crippen MR) is 75.5 cm³/mol.